The Morgan fingerprint density at radius 3 is 2.45 bits per heavy atom. The number of carbonyl (C=O) groups is 3. The lowest BCUT2D eigenvalue weighted by molar-refractivity contribution is -0.232. The molecule has 11 atom stereocenters. The second-order valence-electron chi connectivity index (χ2n) is 13.7. The van der Waals surface area contributed by atoms with Crippen LogP contribution in [0.25, 0.3) is 0 Å². The van der Waals surface area contributed by atoms with Crippen LogP contribution >= 0.6 is 0 Å². The third-order valence-electron chi connectivity index (χ3n) is 11.6. The van der Waals surface area contributed by atoms with Crippen LogP contribution in [0.4, 0.5) is 13.6 Å². The number of aliphatic hydroxyl groups excluding tert-OH is 1. The number of aliphatic carboxylic acids is 1. The fourth-order valence-corrected chi connectivity index (χ4v) is 9.55. The third-order valence-corrected chi connectivity index (χ3v) is 11.6. The van der Waals surface area contributed by atoms with Crippen molar-refractivity contribution in [1.82, 2.24) is 0 Å². The maximum absolute atomic E-state index is 17.4. The summed E-state index contributed by atoms with van der Waals surface area (Å²) in [6.07, 6.45) is 1.94. The predicted molar refractivity (Wildman–Crippen MR) is 142 cm³/mol. The fraction of sp³-hybridized carbons (Fsp3) is 0.774. The monoisotopic (exact) mass is 564 g/mol. The SMILES string of the molecule is CC(C)C1CCCCC1OC(=O)O[C@]1(C(=O)O)[C@H](C)C[C@H]2[C@@H]3C[C@H](F)C4=CC(=O)C=C[C@]4(C)[C@@]3(F)[C@@H](O)C[C@@]21C. The molecule has 0 heterocycles. The number of allylic oxidation sites excluding steroid dienone is 4. The van der Waals surface area contributed by atoms with E-state index in [2.05, 4.69) is 13.8 Å². The van der Waals surface area contributed by atoms with Gasteiger partial charge in [0.2, 0.25) is 5.60 Å². The summed E-state index contributed by atoms with van der Waals surface area (Å²) in [6, 6.07) is 0. The van der Waals surface area contributed by atoms with Gasteiger partial charge in [-0.05, 0) is 80.9 Å². The number of ketones is 1. The molecule has 0 spiro atoms. The first-order chi connectivity index (χ1) is 18.6. The highest BCUT2D eigenvalue weighted by molar-refractivity contribution is 6.01. The number of carbonyl (C=O) groups excluding carboxylic acids is 2. The van der Waals surface area contributed by atoms with E-state index in [1.54, 1.807) is 13.8 Å². The van der Waals surface area contributed by atoms with Gasteiger partial charge < -0.3 is 19.7 Å². The molecule has 2 N–H and O–H groups in total. The molecule has 0 aromatic heterocycles. The van der Waals surface area contributed by atoms with Crippen LogP contribution in [0.3, 0.4) is 0 Å². The highest BCUT2D eigenvalue weighted by atomic mass is 19.1. The summed E-state index contributed by atoms with van der Waals surface area (Å²) in [5.74, 6) is -3.93. The molecule has 0 aromatic rings. The summed E-state index contributed by atoms with van der Waals surface area (Å²) in [4.78, 5) is 38.4. The van der Waals surface area contributed by atoms with Gasteiger partial charge in [-0.3, -0.25) is 4.79 Å². The Morgan fingerprint density at radius 1 is 1.12 bits per heavy atom. The molecule has 5 rings (SSSR count). The molecule has 7 nitrogen and oxygen atoms in total. The Kier molecular flexibility index (Phi) is 7.03. The molecule has 0 aromatic carbocycles. The molecule has 9 heteroatoms. The number of hydrogen-bond donors (Lipinski definition) is 2. The lowest BCUT2D eigenvalue weighted by Crippen LogP contribution is -2.71. The normalized spacial score (nSPS) is 48.1. The van der Waals surface area contributed by atoms with Crippen LogP contribution in [0.2, 0.25) is 0 Å². The zero-order valence-electron chi connectivity index (χ0n) is 24.0. The van der Waals surface area contributed by atoms with Gasteiger partial charge in [-0.1, -0.05) is 40.2 Å². The molecule has 5 aliphatic carbocycles. The molecule has 2 unspecified atom stereocenters. The fourth-order valence-electron chi connectivity index (χ4n) is 9.55. The molecule has 4 saturated carbocycles. The van der Waals surface area contributed by atoms with Gasteiger partial charge in [0.1, 0.15) is 12.3 Å². The zero-order chi connectivity index (χ0) is 29.4. The van der Waals surface area contributed by atoms with Gasteiger partial charge in [0.05, 0.1) is 6.10 Å². The molecule has 40 heavy (non-hydrogen) atoms. The predicted octanol–water partition coefficient (Wildman–Crippen LogP) is 5.74. The van der Waals surface area contributed by atoms with Crippen LogP contribution in [-0.2, 0) is 19.1 Å². The number of rotatable bonds is 4. The molecule has 0 radical (unpaired) electrons. The minimum atomic E-state index is -2.34. The third kappa shape index (κ3) is 3.78. The van der Waals surface area contributed by atoms with E-state index in [4.69, 9.17) is 9.47 Å². The van der Waals surface area contributed by atoms with Crippen molar-refractivity contribution in [2.75, 3.05) is 0 Å². The van der Waals surface area contributed by atoms with Crippen molar-refractivity contribution in [3.63, 3.8) is 0 Å². The lowest BCUT2D eigenvalue weighted by atomic mass is 9.44. The zero-order valence-corrected chi connectivity index (χ0v) is 24.0. The van der Waals surface area contributed by atoms with E-state index in [1.165, 1.54) is 19.1 Å². The van der Waals surface area contributed by atoms with Crippen molar-refractivity contribution in [2.45, 2.75) is 109 Å². The van der Waals surface area contributed by atoms with Crippen LogP contribution in [0, 0.1) is 40.4 Å². The Hall–Kier alpha value is -2.29. The first-order valence-electron chi connectivity index (χ1n) is 14.7. The van der Waals surface area contributed by atoms with E-state index in [9.17, 15) is 24.6 Å². The van der Waals surface area contributed by atoms with Crippen LogP contribution in [0.5, 0.6) is 0 Å². The molecule has 0 aliphatic heterocycles. The minimum Gasteiger partial charge on any atom is -0.478 e. The number of carboxylic acid groups (broad SMARTS) is 1. The van der Waals surface area contributed by atoms with Crippen LogP contribution in [0.15, 0.2) is 23.8 Å². The Balaban J connectivity index is 1.50. The second kappa shape index (κ2) is 9.63. The van der Waals surface area contributed by atoms with E-state index in [1.807, 2.05) is 0 Å². The van der Waals surface area contributed by atoms with Crippen LogP contribution < -0.4 is 0 Å². The van der Waals surface area contributed by atoms with Crippen LogP contribution in [0.1, 0.15) is 79.6 Å². The molecule has 0 amide bonds. The number of aliphatic hydroxyl groups is 1. The van der Waals surface area contributed by atoms with Gasteiger partial charge in [0, 0.05) is 22.7 Å². The first-order valence-corrected chi connectivity index (χ1v) is 14.7. The van der Waals surface area contributed by atoms with Crippen molar-refractivity contribution in [1.29, 1.82) is 0 Å². The second-order valence-corrected chi connectivity index (χ2v) is 13.7. The van der Waals surface area contributed by atoms with Gasteiger partial charge in [0.25, 0.3) is 0 Å². The van der Waals surface area contributed by atoms with Gasteiger partial charge in [-0.25, -0.2) is 18.4 Å². The smallest absolute Gasteiger partial charge is 0.478 e. The highest BCUT2D eigenvalue weighted by Gasteiger charge is 2.78. The summed E-state index contributed by atoms with van der Waals surface area (Å²) in [6.45, 7) is 8.89. The average Bonchev–Trinajstić information content (AvgIpc) is 3.09. The van der Waals surface area contributed by atoms with Crippen molar-refractivity contribution in [3.05, 3.63) is 23.8 Å². The molecular weight excluding hydrogens is 522 g/mol. The molecule has 5 aliphatic rings. The largest absolute Gasteiger partial charge is 0.509 e. The van der Waals surface area contributed by atoms with E-state index >= 15 is 8.78 Å². The van der Waals surface area contributed by atoms with Crippen molar-refractivity contribution in [2.24, 2.45) is 40.4 Å². The molecule has 0 saturated heterocycles. The summed E-state index contributed by atoms with van der Waals surface area (Å²) < 4.78 is 44.7. The Bertz CT molecular complexity index is 1150. The number of carboxylic acids is 1. The van der Waals surface area contributed by atoms with Crippen molar-refractivity contribution in [3.8, 4) is 0 Å². The van der Waals surface area contributed by atoms with E-state index in [0.29, 0.717) is 6.42 Å². The van der Waals surface area contributed by atoms with Crippen molar-refractivity contribution < 1.29 is 42.9 Å². The van der Waals surface area contributed by atoms with E-state index < -0.39 is 70.0 Å². The maximum atomic E-state index is 17.4. The quantitative estimate of drug-likeness (QED) is 0.419. The summed E-state index contributed by atoms with van der Waals surface area (Å²) in [5, 5.41) is 22.2. The van der Waals surface area contributed by atoms with Gasteiger partial charge >= 0.3 is 12.1 Å². The lowest BCUT2D eigenvalue weighted by Gasteiger charge is -2.62. The van der Waals surface area contributed by atoms with E-state index in [-0.39, 0.29) is 42.8 Å². The molecule has 222 valence electrons. The molecule has 0 bridgehead atoms. The number of hydrogen-bond acceptors (Lipinski definition) is 6. The van der Waals surface area contributed by atoms with Gasteiger partial charge in [-0.2, -0.15) is 0 Å². The van der Waals surface area contributed by atoms with Gasteiger partial charge in [-0.15, -0.1) is 0 Å². The van der Waals surface area contributed by atoms with Crippen molar-refractivity contribution >= 4 is 17.9 Å². The Labute approximate surface area is 234 Å². The summed E-state index contributed by atoms with van der Waals surface area (Å²) >= 11 is 0. The average molecular weight is 565 g/mol. The van der Waals surface area contributed by atoms with Gasteiger partial charge in [0.15, 0.2) is 11.5 Å². The number of halogens is 2. The number of alkyl halides is 2. The molecule has 4 fully saturated rings. The van der Waals surface area contributed by atoms with E-state index in [0.717, 1.165) is 25.3 Å². The number of fused-ring (bicyclic) bond motifs is 5. The highest BCUT2D eigenvalue weighted by Crippen LogP contribution is 2.71. The maximum Gasteiger partial charge on any atom is 0.509 e. The summed E-state index contributed by atoms with van der Waals surface area (Å²) in [5.41, 5.74) is -7.41. The Morgan fingerprint density at radius 2 is 1.80 bits per heavy atom. The standard InChI is InChI=1S/C31H42F2O7/c1-16(2)19-8-6-7-9-24(19)39-27(38)40-31(26(36)37)17(3)12-20-21-14-23(32)22-13-18(34)10-11-28(22,4)30(21,33)25(35)15-29(20,31)5/h10-11,13,16-17,19-21,23-25,35H,6-9,12,14-15H2,1-5H3,(H,36,37)/t17-,19?,20+,21+,23+,24?,25+,28+,29+,30+,31+/m1/s1. The number of ether oxygens (including phenoxy) is 2. The minimum absolute atomic E-state index is 0.00367. The molecular formula is C31H42F2O7. The first kappa shape index (κ1) is 29.2. The summed E-state index contributed by atoms with van der Waals surface area (Å²) in [7, 11) is 0. The topological polar surface area (TPSA) is 110 Å². The van der Waals surface area contributed by atoms with Crippen LogP contribution in [-0.4, -0.2) is 57.8 Å².